The van der Waals surface area contributed by atoms with Crippen molar-refractivity contribution < 1.29 is 14.6 Å². The molecule has 0 saturated carbocycles. The molecule has 2 atom stereocenters. The maximum absolute atomic E-state index is 10.2. The Balaban J connectivity index is 1.42. The molecule has 2 aromatic carbocycles. The fourth-order valence-corrected chi connectivity index (χ4v) is 3.27. The maximum atomic E-state index is 10.2. The number of hydrogen-bond acceptors (Lipinski definition) is 4. The lowest BCUT2D eigenvalue weighted by molar-refractivity contribution is 0.0720. The summed E-state index contributed by atoms with van der Waals surface area (Å²) < 4.78 is 11.6. The van der Waals surface area contributed by atoms with Crippen molar-refractivity contribution in [3.05, 3.63) is 58.1 Å². The van der Waals surface area contributed by atoms with Crippen molar-refractivity contribution in [2.75, 3.05) is 26.2 Å². The van der Waals surface area contributed by atoms with Gasteiger partial charge in [-0.1, -0.05) is 40.9 Å². The van der Waals surface area contributed by atoms with Crippen LogP contribution >= 0.6 is 23.2 Å². The molecular weight excluding hydrogens is 373 g/mol. The molecule has 26 heavy (non-hydrogen) atoms. The Kier molecular flexibility index (Phi) is 6.65. The number of hydrogen-bond donors (Lipinski definition) is 1. The first-order valence-corrected chi connectivity index (χ1v) is 9.47. The Bertz CT molecular complexity index is 723. The number of rotatable bonds is 7. The van der Waals surface area contributed by atoms with Gasteiger partial charge in [-0.3, -0.25) is 4.90 Å². The minimum absolute atomic E-state index is 0.0810. The van der Waals surface area contributed by atoms with Gasteiger partial charge < -0.3 is 14.6 Å². The first-order chi connectivity index (χ1) is 12.5. The zero-order valence-corrected chi connectivity index (χ0v) is 16.2. The Hall–Kier alpha value is -1.46. The van der Waals surface area contributed by atoms with Gasteiger partial charge in [0.15, 0.2) is 0 Å². The second-order valence-corrected chi connectivity index (χ2v) is 7.46. The molecule has 1 aliphatic rings. The number of halogens is 2. The fraction of sp³-hybridized carbons (Fsp3) is 0.400. The highest BCUT2D eigenvalue weighted by atomic mass is 35.5. The van der Waals surface area contributed by atoms with Gasteiger partial charge in [-0.2, -0.15) is 0 Å². The molecule has 0 amide bonds. The molecular formula is C20H23Cl2NO3. The minimum atomic E-state index is -0.542. The number of β-amino-alcohol motifs (C(OH)–C–C–N with tert-alkyl or cyclic N) is 1. The van der Waals surface area contributed by atoms with Gasteiger partial charge in [0.1, 0.15) is 30.3 Å². The molecule has 1 heterocycles. The van der Waals surface area contributed by atoms with E-state index >= 15 is 0 Å². The van der Waals surface area contributed by atoms with E-state index in [1.54, 1.807) is 12.1 Å². The van der Waals surface area contributed by atoms with Crippen LogP contribution in [0.25, 0.3) is 0 Å². The van der Waals surface area contributed by atoms with Crippen LogP contribution in [0.4, 0.5) is 0 Å². The van der Waals surface area contributed by atoms with E-state index in [9.17, 15) is 5.11 Å². The number of aliphatic hydroxyl groups excluding tert-OH is 1. The first kappa shape index (κ1) is 19.3. The van der Waals surface area contributed by atoms with Crippen LogP contribution in [-0.4, -0.2) is 48.5 Å². The molecule has 0 radical (unpaired) electrons. The summed E-state index contributed by atoms with van der Waals surface area (Å²) >= 11 is 11.9. The molecule has 6 heteroatoms. The average Bonchev–Trinajstić information content (AvgIpc) is 3.04. The van der Waals surface area contributed by atoms with Crippen molar-refractivity contribution in [3.63, 3.8) is 0 Å². The van der Waals surface area contributed by atoms with E-state index in [4.69, 9.17) is 32.7 Å². The summed E-state index contributed by atoms with van der Waals surface area (Å²) in [5, 5.41) is 11.2. The number of aliphatic hydroxyl groups is 1. The molecule has 0 spiro atoms. The summed E-state index contributed by atoms with van der Waals surface area (Å²) in [4.78, 5) is 2.19. The Morgan fingerprint density at radius 3 is 2.58 bits per heavy atom. The Morgan fingerprint density at radius 1 is 1.12 bits per heavy atom. The molecule has 1 aliphatic heterocycles. The topological polar surface area (TPSA) is 41.9 Å². The third-order valence-electron chi connectivity index (χ3n) is 4.36. The zero-order chi connectivity index (χ0) is 18.5. The average molecular weight is 396 g/mol. The number of likely N-dealkylation sites (tertiary alicyclic amines) is 1. The third kappa shape index (κ3) is 5.52. The number of nitrogens with zero attached hydrogens (tertiary/aromatic N) is 1. The fourth-order valence-electron chi connectivity index (χ4n) is 2.98. The van der Waals surface area contributed by atoms with Gasteiger partial charge in [0.25, 0.3) is 0 Å². The van der Waals surface area contributed by atoms with E-state index in [2.05, 4.69) is 4.90 Å². The van der Waals surface area contributed by atoms with E-state index < -0.39 is 6.10 Å². The van der Waals surface area contributed by atoms with Crippen molar-refractivity contribution in [2.24, 2.45) is 0 Å². The highest BCUT2D eigenvalue weighted by Crippen LogP contribution is 2.28. The van der Waals surface area contributed by atoms with Crippen LogP contribution in [0.5, 0.6) is 11.5 Å². The van der Waals surface area contributed by atoms with E-state index in [0.29, 0.717) is 16.6 Å². The Labute approximate surface area is 164 Å². The molecule has 0 aromatic heterocycles. The monoisotopic (exact) mass is 395 g/mol. The van der Waals surface area contributed by atoms with Gasteiger partial charge in [0.2, 0.25) is 0 Å². The van der Waals surface area contributed by atoms with Gasteiger partial charge in [0.05, 0.1) is 10.0 Å². The van der Waals surface area contributed by atoms with Crippen LogP contribution in [0, 0.1) is 6.92 Å². The van der Waals surface area contributed by atoms with Crippen LogP contribution in [0.3, 0.4) is 0 Å². The quantitative estimate of drug-likeness (QED) is 0.762. The van der Waals surface area contributed by atoms with E-state index in [1.807, 2.05) is 37.3 Å². The molecule has 140 valence electrons. The lowest BCUT2D eigenvalue weighted by Gasteiger charge is -2.20. The summed E-state index contributed by atoms with van der Waals surface area (Å²) in [7, 11) is 0. The molecule has 0 bridgehead atoms. The first-order valence-electron chi connectivity index (χ1n) is 8.71. The molecule has 3 rings (SSSR count). The van der Waals surface area contributed by atoms with Gasteiger partial charge in [-0.05, 0) is 37.6 Å². The Morgan fingerprint density at radius 2 is 1.85 bits per heavy atom. The van der Waals surface area contributed by atoms with E-state index in [0.717, 1.165) is 31.0 Å². The zero-order valence-electron chi connectivity index (χ0n) is 14.7. The normalized spacial score (nSPS) is 18.7. The molecule has 2 unspecified atom stereocenters. The number of aryl methyl sites for hydroxylation is 1. The molecule has 2 aromatic rings. The van der Waals surface area contributed by atoms with Gasteiger partial charge in [0, 0.05) is 25.7 Å². The van der Waals surface area contributed by atoms with Crippen molar-refractivity contribution in [2.45, 2.75) is 25.6 Å². The molecule has 1 saturated heterocycles. The predicted octanol–water partition coefficient (Wildman–Crippen LogP) is 4.19. The second-order valence-electron chi connectivity index (χ2n) is 6.64. The number of ether oxygens (including phenoxy) is 2. The summed E-state index contributed by atoms with van der Waals surface area (Å²) in [6.07, 6.45) is 0.448. The minimum Gasteiger partial charge on any atom is -0.491 e. The van der Waals surface area contributed by atoms with Crippen LogP contribution in [0.1, 0.15) is 12.0 Å². The van der Waals surface area contributed by atoms with E-state index in [-0.39, 0.29) is 12.7 Å². The van der Waals surface area contributed by atoms with Crippen molar-refractivity contribution >= 4 is 23.2 Å². The lowest BCUT2D eigenvalue weighted by Crippen LogP contribution is -2.35. The predicted molar refractivity (Wildman–Crippen MR) is 105 cm³/mol. The highest BCUT2D eigenvalue weighted by molar-refractivity contribution is 6.42. The summed E-state index contributed by atoms with van der Waals surface area (Å²) in [6, 6.07) is 13.1. The SMILES string of the molecule is Cc1ccc(OCC(O)CN2CCC(Oc3ccc(Cl)c(Cl)c3)C2)cc1. The van der Waals surface area contributed by atoms with Crippen LogP contribution in [0.15, 0.2) is 42.5 Å². The molecule has 1 fully saturated rings. The molecule has 0 aliphatic carbocycles. The highest BCUT2D eigenvalue weighted by Gasteiger charge is 2.25. The molecule has 1 N–H and O–H groups in total. The standard InChI is InChI=1S/C20H23Cl2NO3/c1-14-2-4-16(5-3-14)25-13-15(24)11-23-9-8-18(12-23)26-17-6-7-19(21)20(22)10-17/h2-7,10,15,18,24H,8-9,11-13H2,1H3. The second kappa shape index (κ2) is 8.96. The lowest BCUT2D eigenvalue weighted by atomic mass is 10.2. The summed E-state index contributed by atoms with van der Waals surface area (Å²) in [5.74, 6) is 1.49. The summed E-state index contributed by atoms with van der Waals surface area (Å²) in [6.45, 7) is 4.52. The van der Waals surface area contributed by atoms with Crippen LogP contribution in [0.2, 0.25) is 10.0 Å². The molecule has 4 nitrogen and oxygen atoms in total. The van der Waals surface area contributed by atoms with Crippen LogP contribution < -0.4 is 9.47 Å². The van der Waals surface area contributed by atoms with E-state index in [1.165, 1.54) is 5.56 Å². The maximum Gasteiger partial charge on any atom is 0.121 e. The largest absolute Gasteiger partial charge is 0.491 e. The van der Waals surface area contributed by atoms with Crippen LogP contribution in [-0.2, 0) is 0 Å². The van der Waals surface area contributed by atoms with Crippen molar-refractivity contribution in [1.29, 1.82) is 0 Å². The van der Waals surface area contributed by atoms with Gasteiger partial charge in [-0.15, -0.1) is 0 Å². The van der Waals surface area contributed by atoms with Crippen molar-refractivity contribution in [3.8, 4) is 11.5 Å². The van der Waals surface area contributed by atoms with Gasteiger partial charge >= 0.3 is 0 Å². The smallest absolute Gasteiger partial charge is 0.121 e. The third-order valence-corrected chi connectivity index (χ3v) is 5.09. The number of benzene rings is 2. The summed E-state index contributed by atoms with van der Waals surface area (Å²) in [5.41, 5.74) is 1.18. The van der Waals surface area contributed by atoms with Gasteiger partial charge in [-0.25, -0.2) is 0 Å². The van der Waals surface area contributed by atoms with Crippen molar-refractivity contribution in [1.82, 2.24) is 4.90 Å².